The van der Waals surface area contributed by atoms with Crippen molar-refractivity contribution in [3.8, 4) is 0 Å². The van der Waals surface area contributed by atoms with Crippen LogP contribution in [0.3, 0.4) is 0 Å². The van der Waals surface area contributed by atoms with Crippen molar-refractivity contribution in [3.63, 3.8) is 0 Å². The van der Waals surface area contributed by atoms with Crippen LogP contribution in [0.25, 0.3) is 0 Å². The van der Waals surface area contributed by atoms with E-state index in [1.807, 2.05) is 0 Å². The smallest absolute Gasteiger partial charge is 0.258 e. The Balaban J connectivity index is 1.90. The van der Waals surface area contributed by atoms with E-state index in [-0.39, 0.29) is 24.8 Å². The van der Waals surface area contributed by atoms with Crippen molar-refractivity contribution in [1.29, 1.82) is 0 Å². The summed E-state index contributed by atoms with van der Waals surface area (Å²) in [5.74, 6) is -1.28. The molecule has 1 saturated heterocycles. The summed E-state index contributed by atoms with van der Waals surface area (Å²) in [6.45, 7) is 0.701. The number of nitrogens with zero attached hydrogens (tertiary/aromatic N) is 2. The lowest BCUT2D eigenvalue weighted by Crippen LogP contribution is -2.34. The molecule has 0 atom stereocenters. The van der Waals surface area contributed by atoms with Gasteiger partial charge in [-0.3, -0.25) is 14.4 Å². The van der Waals surface area contributed by atoms with Crippen LogP contribution in [0.4, 0.5) is 15.8 Å². The van der Waals surface area contributed by atoms with E-state index in [4.69, 9.17) is 5.73 Å². The Labute approximate surface area is 156 Å². The monoisotopic (exact) mass is 369 g/mol. The van der Waals surface area contributed by atoms with E-state index in [9.17, 15) is 18.8 Å². The first-order valence-corrected chi connectivity index (χ1v) is 8.72. The largest absolute Gasteiger partial charge is 0.370 e. The van der Waals surface area contributed by atoms with Crippen LogP contribution in [0.2, 0.25) is 0 Å². The minimum atomic E-state index is -0.536. The zero-order chi connectivity index (χ0) is 19.4. The van der Waals surface area contributed by atoms with Gasteiger partial charge in [0.2, 0.25) is 11.8 Å². The van der Waals surface area contributed by atoms with Gasteiger partial charge >= 0.3 is 0 Å². The fourth-order valence-corrected chi connectivity index (χ4v) is 3.07. The van der Waals surface area contributed by atoms with Crippen LogP contribution in [0, 0.1) is 5.82 Å². The lowest BCUT2D eigenvalue weighted by molar-refractivity contribution is -0.118. The minimum Gasteiger partial charge on any atom is -0.370 e. The average Bonchev–Trinajstić information content (AvgIpc) is 3.09. The van der Waals surface area contributed by atoms with Gasteiger partial charge in [0.1, 0.15) is 5.82 Å². The number of benzene rings is 2. The summed E-state index contributed by atoms with van der Waals surface area (Å²) < 4.78 is 13.2. The second kappa shape index (κ2) is 7.99. The molecule has 140 valence electrons. The molecule has 6 nitrogen and oxygen atoms in total. The third-order valence-electron chi connectivity index (χ3n) is 4.44. The van der Waals surface area contributed by atoms with Gasteiger partial charge in [0.25, 0.3) is 5.91 Å². The predicted octanol–water partition coefficient (Wildman–Crippen LogP) is 2.47. The van der Waals surface area contributed by atoms with Gasteiger partial charge in [0.05, 0.1) is 0 Å². The molecule has 1 fully saturated rings. The van der Waals surface area contributed by atoms with Crippen molar-refractivity contribution < 1.29 is 18.8 Å². The number of hydrogen-bond acceptors (Lipinski definition) is 3. The summed E-state index contributed by atoms with van der Waals surface area (Å²) >= 11 is 0. The Bertz CT molecular complexity index is 867. The molecule has 0 unspecified atom stereocenters. The molecule has 1 aliphatic rings. The molecule has 0 radical (unpaired) electrons. The van der Waals surface area contributed by atoms with Crippen LogP contribution < -0.4 is 15.5 Å². The standard InChI is InChI=1S/C20H20FN3O3/c21-15-6-8-16(9-7-15)24(12-10-18(22)25)20(27)14-3-1-4-17(13-14)23-11-2-5-19(23)26/h1,3-4,6-9,13H,2,5,10-12H2,(H2,22,25). The number of carbonyl (C=O) groups excluding carboxylic acids is 3. The van der Waals surface area contributed by atoms with E-state index < -0.39 is 11.7 Å². The molecule has 0 bridgehead atoms. The lowest BCUT2D eigenvalue weighted by Gasteiger charge is -2.23. The highest BCUT2D eigenvalue weighted by Crippen LogP contribution is 2.24. The minimum absolute atomic E-state index is 0.0204. The van der Waals surface area contributed by atoms with Crippen molar-refractivity contribution >= 4 is 29.1 Å². The number of hydrogen-bond donors (Lipinski definition) is 1. The normalized spacial score (nSPS) is 13.7. The maximum absolute atomic E-state index is 13.2. The molecule has 1 heterocycles. The summed E-state index contributed by atoms with van der Waals surface area (Å²) in [6.07, 6.45) is 1.27. The molecule has 3 rings (SSSR count). The first-order chi connectivity index (χ1) is 13.0. The Morgan fingerprint density at radius 3 is 2.52 bits per heavy atom. The molecule has 3 amide bonds. The van der Waals surface area contributed by atoms with Crippen LogP contribution in [-0.2, 0) is 9.59 Å². The van der Waals surface area contributed by atoms with E-state index >= 15 is 0 Å². The van der Waals surface area contributed by atoms with E-state index in [1.54, 1.807) is 29.2 Å². The summed E-state index contributed by atoms with van der Waals surface area (Å²) in [7, 11) is 0. The second-order valence-electron chi connectivity index (χ2n) is 6.35. The van der Waals surface area contributed by atoms with Crippen LogP contribution in [0.1, 0.15) is 29.6 Å². The molecule has 2 aromatic rings. The molecule has 1 aliphatic heterocycles. The zero-order valence-corrected chi connectivity index (χ0v) is 14.7. The van der Waals surface area contributed by atoms with Gasteiger partial charge < -0.3 is 15.5 Å². The number of primary amides is 1. The molecule has 0 aromatic heterocycles. The predicted molar refractivity (Wildman–Crippen MR) is 99.9 cm³/mol. The van der Waals surface area contributed by atoms with Gasteiger partial charge in [0.15, 0.2) is 0 Å². The lowest BCUT2D eigenvalue weighted by atomic mass is 10.1. The number of rotatable bonds is 6. The zero-order valence-electron chi connectivity index (χ0n) is 14.7. The molecule has 0 spiro atoms. The number of carbonyl (C=O) groups is 3. The molecule has 0 aliphatic carbocycles. The number of halogens is 1. The fourth-order valence-electron chi connectivity index (χ4n) is 3.07. The number of anilines is 2. The fraction of sp³-hybridized carbons (Fsp3) is 0.250. The van der Waals surface area contributed by atoms with Crippen LogP contribution in [0.5, 0.6) is 0 Å². The third-order valence-corrected chi connectivity index (χ3v) is 4.44. The average molecular weight is 369 g/mol. The van der Waals surface area contributed by atoms with Crippen molar-refractivity contribution in [2.24, 2.45) is 5.73 Å². The molecule has 0 saturated carbocycles. The SMILES string of the molecule is NC(=O)CCN(C(=O)c1cccc(N2CCCC2=O)c1)c1ccc(F)cc1. The van der Waals surface area contributed by atoms with Crippen LogP contribution in [0.15, 0.2) is 48.5 Å². The number of amides is 3. The Morgan fingerprint density at radius 1 is 1.15 bits per heavy atom. The van der Waals surface area contributed by atoms with Crippen LogP contribution in [-0.4, -0.2) is 30.8 Å². The molecule has 2 N–H and O–H groups in total. The van der Waals surface area contributed by atoms with Crippen molar-refractivity contribution in [2.75, 3.05) is 22.9 Å². The summed E-state index contributed by atoms with van der Waals surface area (Å²) in [5.41, 5.74) is 6.73. The van der Waals surface area contributed by atoms with E-state index in [0.717, 1.165) is 6.42 Å². The molecular weight excluding hydrogens is 349 g/mol. The molecule has 27 heavy (non-hydrogen) atoms. The highest BCUT2D eigenvalue weighted by molar-refractivity contribution is 6.07. The Kier molecular flexibility index (Phi) is 5.49. The Hall–Kier alpha value is -3.22. The maximum atomic E-state index is 13.2. The number of nitrogens with two attached hydrogens (primary N) is 1. The van der Waals surface area contributed by atoms with Crippen LogP contribution >= 0.6 is 0 Å². The topological polar surface area (TPSA) is 83.7 Å². The summed E-state index contributed by atoms with van der Waals surface area (Å²) in [6, 6.07) is 12.2. The van der Waals surface area contributed by atoms with Gasteiger partial charge in [-0.05, 0) is 48.9 Å². The van der Waals surface area contributed by atoms with Crippen molar-refractivity contribution in [3.05, 3.63) is 59.9 Å². The van der Waals surface area contributed by atoms with E-state index in [0.29, 0.717) is 29.9 Å². The maximum Gasteiger partial charge on any atom is 0.258 e. The first kappa shape index (κ1) is 18.6. The highest BCUT2D eigenvalue weighted by Gasteiger charge is 2.24. The van der Waals surface area contributed by atoms with E-state index in [2.05, 4.69) is 0 Å². The van der Waals surface area contributed by atoms with Crippen molar-refractivity contribution in [2.45, 2.75) is 19.3 Å². The Morgan fingerprint density at radius 2 is 1.89 bits per heavy atom. The van der Waals surface area contributed by atoms with Gasteiger partial charge in [-0.1, -0.05) is 6.07 Å². The quantitative estimate of drug-likeness (QED) is 0.849. The molecular formula is C20H20FN3O3. The van der Waals surface area contributed by atoms with Gasteiger partial charge in [-0.2, -0.15) is 0 Å². The van der Waals surface area contributed by atoms with E-state index in [1.165, 1.54) is 29.2 Å². The molecule has 7 heteroatoms. The summed E-state index contributed by atoms with van der Waals surface area (Å²) in [5, 5.41) is 0. The highest BCUT2D eigenvalue weighted by atomic mass is 19.1. The summed E-state index contributed by atoms with van der Waals surface area (Å²) in [4.78, 5) is 39.3. The molecule has 2 aromatic carbocycles. The van der Waals surface area contributed by atoms with Crippen molar-refractivity contribution in [1.82, 2.24) is 0 Å². The first-order valence-electron chi connectivity index (χ1n) is 8.72. The van der Waals surface area contributed by atoms with Gasteiger partial charge in [0, 0.05) is 42.9 Å². The van der Waals surface area contributed by atoms with Gasteiger partial charge in [-0.15, -0.1) is 0 Å². The second-order valence-corrected chi connectivity index (χ2v) is 6.35. The third kappa shape index (κ3) is 4.31. The van der Waals surface area contributed by atoms with Gasteiger partial charge in [-0.25, -0.2) is 4.39 Å².